The third kappa shape index (κ3) is 5.12. The van der Waals surface area contributed by atoms with Crippen LogP contribution in [0.15, 0.2) is 40.1 Å². The summed E-state index contributed by atoms with van der Waals surface area (Å²) in [5.74, 6) is 0.0394. The van der Waals surface area contributed by atoms with Crippen LogP contribution in [0.5, 0.6) is 0 Å². The predicted molar refractivity (Wildman–Crippen MR) is 92.4 cm³/mol. The minimum absolute atomic E-state index is 0.0394. The number of amides is 1. The highest BCUT2D eigenvalue weighted by Gasteiger charge is 2.16. The van der Waals surface area contributed by atoms with Crippen LogP contribution in [0.3, 0.4) is 0 Å². The molecule has 0 saturated heterocycles. The summed E-state index contributed by atoms with van der Waals surface area (Å²) in [6.45, 7) is 3.21. The Balaban J connectivity index is 1.85. The lowest BCUT2D eigenvalue weighted by Crippen LogP contribution is -2.32. The molecule has 0 saturated carbocycles. The summed E-state index contributed by atoms with van der Waals surface area (Å²) in [4.78, 5) is 16.6. The molecule has 1 N–H and O–H groups in total. The molecular formula is C16H20N2O2S2. The molecule has 2 aromatic rings. The molecule has 0 bridgehead atoms. The standard InChI is InChI=1S/C16H20N2O2S2/c1-12(15(19)17-9-6-10-20-2)22-16-18-14(11-21-16)13-7-4-3-5-8-13/h3-5,7-8,11-12H,6,9-10H2,1-2H3,(H,17,19). The van der Waals surface area contributed by atoms with Crippen LogP contribution in [0, 0.1) is 0 Å². The molecule has 0 spiro atoms. The van der Waals surface area contributed by atoms with Gasteiger partial charge in [0.15, 0.2) is 4.34 Å². The second-order valence-electron chi connectivity index (χ2n) is 4.76. The van der Waals surface area contributed by atoms with Gasteiger partial charge in [0.1, 0.15) is 0 Å². The van der Waals surface area contributed by atoms with E-state index in [4.69, 9.17) is 4.74 Å². The van der Waals surface area contributed by atoms with E-state index in [0.29, 0.717) is 13.2 Å². The topological polar surface area (TPSA) is 51.2 Å². The van der Waals surface area contributed by atoms with Gasteiger partial charge in [-0.25, -0.2) is 4.98 Å². The van der Waals surface area contributed by atoms with Gasteiger partial charge < -0.3 is 10.1 Å². The third-order valence-electron chi connectivity index (χ3n) is 3.02. The molecule has 1 aromatic heterocycles. The van der Waals surface area contributed by atoms with Crippen molar-refractivity contribution in [3.05, 3.63) is 35.7 Å². The minimum atomic E-state index is -0.155. The van der Waals surface area contributed by atoms with E-state index in [1.54, 1.807) is 18.4 Å². The van der Waals surface area contributed by atoms with Crippen molar-refractivity contribution in [3.8, 4) is 11.3 Å². The maximum atomic E-state index is 12.0. The second kappa shape index (κ2) is 8.92. The zero-order chi connectivity index (χ0) is 15.8. The van der Waals surface area contributed by atoms with E-state index in [9.17, 15) is 4.79 Å². The zero-order valence-electron chi connectivity index (χ0n) is 12.7. The number of thioether (sulfide) groups is 1. The molecule has 0 aliphatic heterocycles. The number of rotatable bonds is 8. The van der Waals surface area contributed by atoms with Gasteiger partial charge in [0.25, 0.3) is 0 Å². The first-order valence-electron chi connectivity index (χ1n) is 7.15. The number of hydrogen-bond acceptors (Lipinski definition) is 5. The van der Waals surface area contributed by atoms with Crippen molar-refractivity contribution in [2.24, 2.45) is 0 Å². The van der Waals surface area contributed by atoms with E-state index in [2.05, 4.69) is 10.3 Å². The Labute approximate surface area is 139 Å². The largest absolute Gasteiger partial charge is 0.385 e. The van der Waals surface area contributed by atoms with E-state index in [-0.39, 0.29) is 11.2 Å². The summed E-state index contributed by atoms with van der Waals surface area (Å²) in [5, 5.41) is 4.79. The van der Waals surface area contributed by atoms with Crippen molar-refractivity contribution in [2.75, 3.05) is 20.3 Å². The highest BCUT2D eigenvalue weighted by molar-refractivity contribution is 8.02. The Hall–Kier alpha value is -1.37. The average molecular weight is 336 g/mol. The van der Waals surface area contributed by atoms with E-state index in [1.807, 2.05) is 42.6 Å². The summed E-state index contributed by atoms with van der Waals surface area (Å²) in [6.07, 6.45) is 0.828. The smallest absolute Gasteiger partial charge is 0.233 e. The Morgan fingerprint density at radius 2 is 2.18 bits per heavy atom. The van der Waals surface area contributed by atoms with Gasteiger partial charge in [0.05, 0.1) is 10.9 Å². The first-order chi connectivity index (χ1) is 10.7. The Morgan fingerprint density at radius 3 is 2.91 bits per heavy atom. The summed E-state index contributed by atoms with van der Waals surface area (Å²) < 4.78 is 5.87. The molecule has 22 heavy (non-hydrogen) atoms. The van der Waals surface area contributed by atoms with Crippen LogP contribution >= 0.6 is 23.1 Å². The lowest BCUT2D eigenvalue weighted by atomic mass is 10.2. The maximum Gasteiger partial charge on any atom is 0.233 e. The van der Waals surface area contributed by atoms with Crippen molar-refractivity contribution in [2.45, 2.75) is 22.9 Å². The first-order valence-corrected chi connectivity index (χ1v) is 8.91. The fourth-order valence-corrected chi connectivity index (χ4v) is 3.83. The molecule has 1 heterocycles. The molecule has 118 valence electrons. The van der Waals surface area contributed by atoms with Crippen LogP contribution in [0.2, 0.25) is 0 Å². The summed E-state index contributed by atoms with van der Waals surface area (Å²) >= 11 is 3.07. The zero-order valence-corrected chi connectivity index (χ0v) is 14.4. The van der Waals surface area contributed by atoms with Crippen LogP contribution in [-0.4, -0.2) is 36.4 Å². The SMILES string of the molecule is COCCCNC(=O)C(C)Sc1nc(-c2ccccc2)cs1. The van der Waals surface area contributed by atoms with Crippen LogP contribution in [0.25, 0.3) is 11.3 Å². The van der Waals surface area contributed by atoms with Gasteiger partial charge >= 0.3 is 0 Å². The first kappa shape index (κ1) is 17.0. The number of carbonyl (C=O) groups is 1. The van der Waals surface area contributed by atoms with E-state index >= 15 is 0 Å². The summed E-state index contributed by atoms with van der Waals surface area (Å²) in [7, 11) is 1.66. The minimum Gasteiger partial charge on any atom is -0.385 e. The summed E-state index contributed by atoms with van der Waals surface area (Å²) in [5.41, 5.74) is 2.06. The normalized spacial score (nSPS) is 12.1. The quantitative estimate of drug-likeness (QED) is 0.592. The second-order valence-corrected chi connectivity index (χ2v) is 7.21. The molecule has 0 aliphatic rings. The molecule has 0 fully saturated rings. The lowest BCUT2D eigenvalue weighted by molar-refractivity contribution is -0.120. The summed E-state index contributed by atoms with van der Waals surface area (Å²) in [6, 6.07) is 10.1. The number of ether oxygens (including phenoxy) is 1. The maximum absolute atomic E-state index is 12.0. The van der Waals surface area contributed by atoms with Crippen molar-refractivity contribution in [1.82, 2.24) is 10.3 Å². The highest BCUT2D eigenvalue weighted by Crippen LogP contribution is 2.30. The molecule has 0 radical (unpaired) electrons. The Morgan fingerprint density at radius 1 is 1.41 bits per heavy atom. The van der Waals surface area contributed by atoms with E-state index < -0.39 is 0 Å². The number of methoxy groups -OCH3 is 1. The highest BCUT2D eigenvalue weighted by atomic mass is 32.2. The molecule has 1 aromatic carbocycles. The van der Waals surface area contributed by atoms with Crippen LogP contribution in [-0.2, 0) is 9.53 Å². The molecule has 6 heteroatoms. The monoisotopic (exact) mass is 336 g/mol. The van der Waals surface area contributed by atoms with Crippen LogP contribution in [0.1, 0.15) is 13.3 Å². The van der Waals surface area contributed by atoms with Crippen molar-refractivity contribution in [1.29, 1.82) is 0 Å². The van der Waals surface area contributed by atoms with Gasteiger partial charge in [-0.1, -0.05) is 42.1 Å². The number of benzene rings is 1. The Bertz CT molecular complexity index is 587. The van der Waals surface area contributed by atoms with Gasteiger partial charge in [0, 0.05) is 31.2 Å². The molecular weight excluding hydrogens is 316 g/mol. The predicted octanol–water partition coefficient (Wildman–Crippen LogP) is 3.44. The van der Waals surface area contributed by atoms with Crippen molar-refractivity contribution < 1.29 is 9.53 Å². The number of hydrogen-bond donors (Lipinski definition) is 1. The van der Waals surface area contributed by atoms with E-state index in [0.717, 1.165) is 22.0 Å². The number of carbonyl (C=O) groups excluding carboxylic acids is 1. The number of aromatic nitrogens is 1. The van der Waals surface area contributed by atoms with Gasteiger partial charge in [-0.3, -0.25) is 4.79 Å². The van der Waals surface area contributed by atoms with Gasteiger partial charge in [0.2, 0.25) is 5.91 Å². The molecule has 4 nitrogen and oxygen atoms in total. The van der Waals surface area contributed by atoms with Crippen molar-refractivity contribution in [3.63, 3.8) is 0 Å². The van der Waals surface area contributed by atoms with Crippen molar-refractivity contribution >= 4 is 29.0 Å². The fraction of sp³-hybridized carbons (Fsp3) is 0.375. The molecule has 0 aliphatic carbocycles. The van der Waals surface area contributed by atoms with Gasteiger partial charge in [-0.05, 0) is 13.3 Å². The van der Waals surface area contributed by atoms with Crippen LogP contribution in [0.4, 0.5) is 0 Å². The number of thiazole rings is 1. The molecule has 2 rings (SSSR count). The van der Waals surface area contributed by atoms with Gasteiger partial charge in [-0.2, -0.15) is 0 Å². The lowest BCUT2D eigenvalue weighted by Gasteiger charge is -2.10. The average Bonchev–Trinajstić information content (AvgIpc) is 3.00. The molecule has 1 amide bonds. The number of nitrogens with zero attached hydrogens (tertiary/aromatic N) is 1. The fourth-order valence-electron chi connectivity index (χ4n) is 1.83. The Kier molecular flexibility index (Phi) is 6.89. The van der Waals surface area contributed by atoms with Gasteiger partial charge in [-0.15, -0.1) is 11.3 Å². The third-order valence-corrected chi connectivity index (χ3v) is 5.10. The molecule has 1 unspecified atom stereocenters. The van der Waals surface area contributed by atoms with E-state index in [1.165, 1.54) is 11.8 Å². The van der Waals surface area contributed by atoms with Crippen LogP contribution < -0.4 is 5.32 Å². The molecule has 1 atom stereocenters. The number of nitrogens with one attached hydrogen (secondary N) is 1.